The standard InChI is InChI=1S/C15H23N3O2/c1-16-12-7-9-18(10-8-12)11-15(19)17-13-5-3-4-6-14(13)20-2/h3-6,12,16H,7-11H2,1-2H3,(H,17,19). The van der Waals surface area contributed by atoms with Crippen LogP contribution in [0, 0.1) is 0 Å². The molecule has 5 heteroatoms. The van der Waals surface area contributed by atoms with Gasteiger partial charge in [-0.25, -0.2) is 0 Å². The van der Waals surface area contributed by atoms with E-state index in [1.54, 1.807) is 7.11 Å². The number of para-hydroxylation sites is 2. The zero-order valence-electron chi connectivity index (χ0n) is 12.2. The average Bonchev–Trinajstić information content (AvgIpc) is 2.48. The lowest BCUT2D eigenvalue weighted by molar-refractivity contribution is -0.117. The third-order valence-electron chi connectivity index (χ3n) is 3.74. The third kappa shape index (κ3) is 3.95. The van der Waals surface area contributed by atoms with E-state index < -0.39 is 0 Å². The average molecular weight is 277 g/mol. The molecule has 1 aromatic rings. The van der Waals surface area contributed by atoms with Crippen LogP contribution in [0.2, 0.25) is 0 Å². The Kier molecular flexibility index (Phi) is 5.38. The molecular weight excluding hydrogens is 254 g/mol. The number of nitrogens with one attached hydrogen (secondary N) is 2. The van der Waals surface area contributed by atoms with Crippen LogP contribution in [0.25, 0.3) is 0 Å². The highest BCUT2D eigenvalue weighted by atomic mass is 16.5. The van der Waals surface area contributed by atoms with E-state index in [1.165, 1.54) is 0 Å². The normalized spacial score (nSPS) is 16.9. The molecule has 2 rings (SSSR count). The van der Waals surface area contributed by atoms with E-state index in [0.717, 1.165) is 31.6 Å². The van der Waals surface area contributed by atoms with Crippen molar-refractivity contribution in [1.29, 1.82) is 0 Å². The largest absolute Gasteiger partial charge is 0.495 e. The van der Waals surface area contributed by atoms with Crippen LogP contribution in [0.4, 0.5) is 5.69 Å². The second kappa shape index (κ2) is 7.26. The molecule has 20 heavy (non-hydrogen) atoms. The summed E-state index contributed by atoms with van der Waals surface area (Å²) in [6.07, 6.45) is 2.19. The van der Waals surface area contributed by atoms with Gasteiger partial charge in [0.15, 0.2) is 0 Å². The molecule has 5 nitrogen and oxygen atoms in total. The fraction of sp³-hybridized carbons (Fsp3) is 0.533. The smallest absolute Gasteiger partial charge is 0.238 e. The Labute approximate surface area is 120 Å². The number of anilines is 1. The summed E-state index contributed by atoms with van der Waals surface area (Å²) in [5, 5.41) is 6.20. The van der Waals surface area contributed by atoms with Crippen molar-refractivity contribution in [2.75, 3.05) is 39.1 Å². The lowest BCUT2D eigenvalue weighted by Crippen LogP contribution is -2.44. The van der Waals surface area contributed by atoms with Crippen LogP contribution < -0.4 is 15.4 Å². The summed E-state index contributed by atoms with van der Waals surface area (Å²) in [4.78, 5) is 14.3. The van der Waals surface area contributed by atoms with Crippen LogP contribution in [0.1, 0.15) is 12.8 Å². The molecule has 0 aliphatic carbocycles. The quantitative estimate of drug-likeness (QED) is 0.852. The maximum Gasteiger partial charge on any atom is 0.238 e. The number of likely N-dealkylation sites (tertiary alicyclic amines) is 1. The molecule has 1 amide bonds. The van der Waals surface area contributed by atoms with E-state index in [0.29, 0.717) is 18.3 Å². The van der Waals surface area contributed by atoms with Crippen LogP contribution in [0.3, 0.4) is 0 Å². The Morgan fingerprint density at radius 1 is 1.35 bits per heavy atom. The lowest BCUT2D eigenvalue weighted by Gasteiger charge is -2.31. The Bertz CT molecular complexity index is 442. The molecule has 0 atom stereocenters. The molecule has 110 valence electrons. The van der Waals surface area contributed by atoms with Gasteiger partial charge in [0.1, 0.15) is 5.75 Å². The van der Waals surface area contributed by atoms with Crippen LogP contribution >= 0.6 is 0 Å². The van der Waals surface area contributed by atoms with E-state index in [2.05, 4.69) is 15.5 Å². The number of carbonyl (C=O) groups is 1. The van der Waals surface area contributed by atoms with Gasteiger partial charge in [0.2, 0.25) is 5.91 Å². The maximum absolute atomic E-state index is 12.1. The summed E-state index contributed by atoms with van der Waals surface area (Å²) in [5.41, 5.74) is 0.727. The monoisotopic (exact) mass is 277 g/mol. The first kappa shape index (κ1) is 14.8. The number of nitrogens with zero attached hydrogens (tertiary/aromatic N) is 1. The Hall–Kier alpha value is -1.59. The van der Waals surface area contributed by atoms with Crippen molar-refractivity contribution >= 4 is 11.6 Å². The van der Waals surface area contributed by atoms with Gasteiger partial charge in [-0.05, 0) is 32.0 Å². The van der Waals surface area contributed by atoms with Crippen molar-refractivity contribution in [3.8, 4) is 5.75 Å². The summed E-state index contributed by atoms with van der Waals surface area (Å²) in [7, 11) is 3.60. The Balaban J connectivity index is 1.84. The van der Waals surface area contributed by atoms with E-state index in [4.69, 9.17) is 4.74 Å². The number of benzene rings is 1. The first-order valence-electron chi connectivity index (χ1n) is 7.05. The SMILES string of the molecule is CNC1CCN(CC(=O)Nc2ccccc2OC)CC1. The number of amides is 1. The van der Waals surface area contributed by atoms with Gasteiger partial charge in [-0.15, -0.1) is 0 Å². The number of carbonyl (C=O) groups excluding carboxylic acids is 1. The molecule has 1 fully saturated rings. The molecule has 2 N–H and O–H groups in total. The van der Waals surface area contributed by atoms with Gasteiger partial charge in [-0.1, -0.05) is 12.1 Å². The third-order valence-corrected chi connectivity index (χ3v) is 3.74. The highest BCUT2D eigenvalue weighted by Crippen LogP contribution is 2.23. The minimum atomic E-state index is 0.0115. The van der Waals surface area contributed by atoms with Crippen LogP contribution in [0.5, 0.6) is 5.75 Å². The van der Waals surface area contributed by atoms with E-state index >= 15 is 0 Å². The van der Waals surface area contributed by atoms with Crippen molar-refractivity contribution in [1.82, 2.24) is 10.2 Å². The summed E-state index contributed by atoms with van der Waals surface area (Å²) >= 11 is 0. The Morgan fingerprint density at radius 2 is 2.05 bits per heavy atom. The van der Waals surface area contributed by atoms with Gasteiger partial charge in [0.05, 0.1) is 19.3 Å². The van der Waals surface area contributed by atoms with E-state index in [-0.39, 0.29) is 5.91 Å². The lowest BCUT2D eigenvalue weighted by atomic mass is 10.1. The molecule has 0 saturated carbocycles. The summed E-state index contributed by atoms with van der Waals surface area (Å²) in [6, 6.07) is 8.05. The zero-order valence-corrected chi connectivity index (χ0v) is 12.2. The molecule has 0 spiro atoms. The summed E-state index contributed by atoms with van der Waals surface area (Å²) in [6.45, 7) is 2.37. The number of piperidine rings is 1. The van der Waals surface area contributed by atoms with Crippen LogP contribution in [-0.4, -0.2) is 50.6 Å². The summed E-state index contributed by atoms with van der Waals surface area (Å²) in [5.74, 6) is 0.701. The minimum absolute atomic E-state index is 0.0115. The second-order valence-electron chi connectivity index (χ2n) is 5.09. The minimum Gasteiger partial charge on any atom is -0.495 e. The molecule has 1 aliphatic heterocycles. The molecule has 1 aromatic carbocycles. The number of hydrogen-bond acceptors (Lipinski definition) is 4. The fourth-order valence-electron chi connectivity index (χ4n) is 2.52. The number of rotatable bonds is 5. The van der Waals surface area contributed by atoms with Gasteiger partial charge in [0, 0.05) is 19.1 Å². The summed E-state index contributed by atoms with van der Waals surface area (Å²) < 4.78 is 5.23. The molecule has 1 aliphatic rings. The van der Waals surface area contributed by atoms with Gasteiger partial charge in [-0.3, -0.25) is 9.69 Å². The number of methoxy groups -OCH3 is 1. The zero-order chi connectivity index (χ0) is 14.4. The molecule has 0 bridgehead atoms. The predicted octanol–water partition coefficient (Wildman–Crippen LogP) is 1.32. The fourth-order valence-corrected chi connectivity index (χ4v) is 2.52. The van der Waals surface area contributed by atoms with Crippen molar-refractivity contribution in [2.24, 2.45) is 0 Å². The maximum atomic E-state index is 12.1. The molecule has 0 radical (unpaired) electrons. The molecular formula is C15H23N3O2. The van der Waals surface area contributed by atoms with Gasteiger partial charge < -0.3 is 15.4 Å². The van der Waals surface area contributed by atoms with E-state index in [9.17, 15) is 4.79 Å². The number of ether oxygens (including phenoxy) is 1. The highest BCUT2D eigenvalue weighted by molar-refractivity contribution is 5.93. The highest BCUT2D eigenvalue weighted by Gasteiger charge is 2.19. The van der Waals surface area contributed by atoms with Crippen molar-refractivity contribution in [3.05, 3.63) is 24.3 Å². The van der Waals surface area contributed by atoms with Crippen molar-refractivity contribution in [2.45, 2.75) is 18.9 Å². The van der Waals surface area contributed by atoms with Gasteiger partial charge in [0.25, 0.3) is 0 Å². The predicted molar refractivity (Wildman–Crippen MR) is 80.1 cm³/mol. The van der Waals surface area contributed by atoms with Gasteiger partial charge in [-0.2, -0.15) is 0 Å². The molecule has 1 saturated heterocycles. The topological polar surface area (TPSA) is 53.6 Å². The van der Waals surface area contributed by atoms with Crippen LogP contribution in [0.15, 0.2) is 24.3 Å². The van der Waals surface area contributed by atoms with Crippen LogP contribution in [-0.2, 0) is 4.79 Å². The molecule has 0 unspecified atom stereocenters. The van der Waals surface area contributed by atoms with Crippen molar-refractivity contribution < 1.29 is 9.53 Å². The molecule has 0 aromatic heterocycles. The van der Waals surface area contributed by atoms with E-state index in [1.807, 2.05) is 31.3 Å². The Morgan fingerprint density at radius 3 is 2.70 bits per heavy atom. The second-order valence-corrected chi connectivity index (χ2v) is 5.09. The number of hydrogen-bond donors (Lipinski definition) is 2. The first-order chi connectivity index (χ1) is 9.72. The first-order valence-corrected chi connectivity index (χ1v) is 7.05. The van der Waals surface area contributed by atoms with Crippen molar-refractivity contribution in [3.63, 3.8) is 0 Å². The molecule has 1 heterocycles. The van der Waals surface area contributed by atoms with Gasteiger partial charge >= 0.3 is 0 Å².